The van der Waals surface area contributed by atoms with Crippen LogP contribution >= 0.6 is 0 Å². The predicted molar refractivity (Wildman–Crippen MR) is 98.7 cm³/mol. The van der Waals surface area contributed by atoms with Crippen molar-refractivity contribution >= 4 is 18.4 Å². The number of hydrogen-bond acceptors (Lipinski definition) is 1. The zero-order chi connectivity index (χ0) is 16.2. The minimum Gasteiger partial charge on any atom is -0.396 e. The van der Waals surface area contributed by atoms with Gasteiger partial charge in [0.25, 0.3) is 0 Å². The van der Waals surface area contributed by atoms with Gasteiger partial charge in [0.15, 0.2) is 0 Å². The molecule has 2 heteroatoms. The Hall–Kier alpha value is -1.38. The van der Waals surface area contributed by atoms with Crippen molar-refractivity contribution in [3.63, 3.8) is 0 Å². The molecule has 1 unspecified atom stereocenters. The Bertz CT molecular complexity index is 532. The predicted octanol–water partition coefficient (Wildman–Crippen LogP) is 3.68. The molecule has 1 atom stereocenters. The summed E-state index contributed by atoms with van der Waals surface area (Å²) in [5, 5.41) is 12.8. The highest BCUT2D eigenvalue weighted by Crippen LogP contribution is 2.40. The van der Waals surface area contributed by atoms with E-state index in [0.29, 0.717) is 5.92 Å². The molecule has 0 aliphatic rings. The molecule has 1 nitrogen and oxygen atoms in total. The van der Waals surface area contributed by atoms with E-state index in [4.69, 9.17) is 0 Å². The summed E-state index contributed by atoms with van der Waals surface area (Å²) in [6.07, 6.45) is 0. The number of aliphatic hydroxyl groups excluding tert-OH is 1. The first-order valence-corrected chi connectivity index (χ1v) is 10.3. The van der Waals surface area contributed by atoms with Crippen LogP contribution in [-0.4, -0.2) is 19.8 Å². The lowest BCUT2D eigenvalue weighted by molar-refractivity contribution is 0.247. The maximum atomic E-state index is 9.68. The molecule has 0 spiro atoms. The Morgan fingerprint density at radius 3 is 1.59 bits per heavy atom. The average molecular weight is 313 g/mol. The van der Waals surface area contributed by atoms with Crippen molar-refractivity contribution in [1.82, 2.24) is 0 Å². The van der Waals surface area contributed by atoms with Crippen molar-refractivity contribution in [2.75, 3.05) is 6.61 Å². The molecular weight excluding hydrogens is 284 g/mol. The van der Waals surface area contributed by atoms with Gasteiger partial charge in [-0.25, -0.2) is 0 Å². The molecule has 2 aromatic rings. The largest absolute Gasteiger partial charge is 0.396 e. The Labute approximate surface area is 136 Å². The van der Waals surface area contributed by atoms with Crippen LogP contribution in [0.25, 0.3) is 0 Å². The number of aliphatic hydroxyl groups is 1. The lowest BCUT2D eigenvalue weighted by atomic mass is 10.2. The first kappa shape index (κ1) is 17.0. The van der Waals surface area contributed by atoms with E-state index >= 15 is 0 Å². The van der Waals surface area contributed by atoms with Crippen LogP contribution in [0.5, 0.6) is 0 Å². The van der Waals surface area contributed by atoms with Crippen LogP contribution in [0, 0.1) is 5.92 Å². The molecule has 2 aromatic carbocycles. The molecule has 0 saturated heterocycles. The normalized spacial score (nSPS) is 13.9. The molecule has 0 aliphatic heterocycles. The number of rotatable bonds is 5. The zero-order valence-corrected chi connectivity index (χ0v) is 15.2. The van der Waals surface area contributed by atoms with Crippen LogP contribution in [0.15, 0.2) is 60.7 Å². The highest BCUT2D eigenvalue weighted by Gasteiger charge is 2.47. The lowest BCUT2D eigenvalue weighted by Crippen LogP contribution is -2.64. The van der Waals surface area contributed by atoms with Crippen LogP contribution < -0.4 is 10.4 Å². The standard InChI is InChI=1S/C20H28OSi/c1-17(15-21)16-22(20(2,3)4,18-11-7-5-8-12-18)19-13-9-6-10-14-19/h5-14,17,21H,15-16H2,1-4H3. The maximum Gasteiger partial charge on any atom is 0.123 e. The number of hydrogen-bond donors (Lipinski definition) is 1. The van der Waals surface area contributed by atoms with E-state index in [1.165, 1.54) is 10.4 Å². The van der Waals surface area contributed by atoms with Crippen molar-refractivity contribution in [3.05, 3.63) is 60.7 Å². The van der Waals surface area contributed by atoms with Gasteiger partial charge in [-0.15, -0.1) is 0 Å². The Morgan fingerprint density at radius 1 is 0.864 bits per heavy atom. The summed E-state index contributed by atoms with van der Waals surface area (Å²) in [7, 11) is -1.99. The van der Waals surface area contributed by atoms with Crippen molar-refractivity contribution in [2.45, 2.75) is 38.8 Å². The molecule has 0 saturated carbocycles. The highest BCUT2D eigenvalue weighted by molar-refractivity contribution is 7.04. The Morgan fingerprint density at radius 2 is 1.27 bits per heavy atom. The van der Waals surface area contributed by atoms with E-state index in [1.807, 2.05) is 0 Å². The van der Waals surface area contributed by atoms with Gasteiger partial charge >= 0.3 is 0 Å². The van der Waals surface area contributed by atoms with E-state index in [-0.39, 0.29) is 11.6 Å². The summed E-state index contributed by atoms with van der Waals surface area (Å²) in [5.41, 5.74) is 0. The summed E-state index contributed by atoms with van der Waals surface area (Å²) in [4.78, 5) is 0. The minimum absolute atomic E-state index is 0.180. The summed E-state index contributed by atoms with van der Waals surface area (Å²) in [5.74, 6) is 0.311. The first-order chi connectivity index (χ1) is 10.4. The molecule has 0 radical (unpaired) electrons. The third-order valence-electron chi connectivity index (χ3n) is 4.78. The van der Waals surface area contributed by atoms with Gasteiger partial charge in [-0.1, -0.05) is 98.7 Å². The fraction of sp³-hybridized carbons (Fsp3) is 0.400. The molecule has 0 aliphatic carbocycles. The second kappa shape index (κ2) is 6.80. The molecule has 0 fully saturated rings. The van der Waals surface area contributed by atoms with E-state index in [2.05, 4.69) is 88.4 Å². The maximum absolute atomic E-state index is 9.68. The van der Waals surface area contributed by atoms with Gasteiger partial charge in [0.1, 0.15) is 8.07 Å². The van der Waals surface area contributed by atoms with Crippen LogP contribution in [0.3, 0.4) is 0 Å². The molecule has 0 heterocycles. The summed E-state index contributed by atoms with van der Waals surface area (Å²) in [6, 6.07) is 23.0. The Kier molecular flexibility index (Phi) is 5.25. The topological polar surface area (TPSA) is 20.2 Å². The molecule has 0 aromatic heterocycles. The third-order valence-corrected chi connectivity index (χ3v) is 11.3. The molecule has 22 heavy (non-hydrogen) atoms. The van der Waals surface area contributed by atoms with E-state index in [0.717, 1.165) is 6.04 Å². The molecular formula is C20H28OSi. The molecule has 1 N–H and O–H groups in total. The van der Waals surface area contributed by atoms with E-state index in [9.17, 15) is 5.11 Å². The summed E-state index contributed by atoms with van der Waals surface area (Å²) < 4.78 is 0. The molecule has 118 valence electrons. The fourth-order valence-corrected chi connectivity index (χ4v) is 9.45. The smallest absolute Gasteiger partial charge is 0.123 e. The van der Waals surface area contributed by atoms with Gasteiger partial charge in [-0.05, 0) is 17.0 Å². The Balaban J connectivity index is 2.70. The van der Waals surface area contributed by atoms with E-state index < -0.39 is 8.07 Å². The molecule has 0 amide bonds. The van der Waals surface area contributed by atoms with Crippen LogP contribution in [0.2, 0.25) is 11.1 Å². The van der Waals surface area contributed by atoms with Gasteiger partial charge in [0.05, 0.1) is 0 Å². The summed E-state index contributed by atoms with van der Waals surface area (Å²) >= 11 is 0. The van der Waals surface area contributed by atoms with Gasteiger partial charge in [-0.2, -0.15) is 0 Å². The zero-order valence-electron chi connectivity index (χ0n) is 14.2. The van der Waals surface area contributed by atoms with Crippen molar-refractivity contribution < 1.29 is 5.11 Å². The van der Waals surface area contributed by atoms with Crippen LogP contribution in [0.4, 0.5) is 0 Å². The van der Waals surface area contributed by atoms with Gasteiger partial charge in [-0.3, -0.25) is 0 Å². The van der Waals surface area contributed by atoms with Gasteiger partial charge in [0, 0.05) is 6.61 Å². The van der Waals surface area contributed by atoms with Gasteiger partial charge < -0.3 is 5.11 Å². The fourth-order valence-electron chi connectivity index (χ4n) is 3.61. The quantitative estimate of drug-likeness (QED) is 0.835. The van der Waals surface area contributed by atoms with E-state index in [1.54, 1.807) is 0 Å². The second-order valence-corrected chi connectivity index (χ2v) is 12.3. The second-order valence-electron chi connectivity index (χ2n) is 7.38. The summed E-state index contributed by atoms with van der Waals surface area (Å²) in [6.45, 7) is 9.51. The van der Waals surface area contributed by atoms with Crippen LogP contribution in [-0.2, 0) is 0 Å². The highest BCUT2D eigenvalue weighted by atomic mass is 28.3. The third kappa shape index (κ3) is 3.18. The lowest BCUT2D eigenvalue weighted by Gasteiger charge is -2.45. The first-order valence-electron chi connectivity index (χ1n) is 8.13. The molecule has 2 rings (SSSR count). The monoisotopic (exact) mass is 312 g/mol. The molecule has 0 bridgehead atoms. The average Bonchev–Trinajstić information content (AvgIpc) is 2.52. The number of benzene rings is 2. The minimum atomic E-state index is -1.99. The van der Waals surface area contributed by atoms with Crippen LogP contribution in [0.1, 0.15) is 27.7 Å². The van der Waals surface area contributed by atoms with Crippen molar-refractivity contribution in [3.8, 4) is 0 Å². The van der Waals surface area contributed by atoms with Gasteiger partial charge in [0.2, 0.25) is 0 Å². The van der Waals surface area contributed by atoms with Crippen molar-refractivity contribution in [1.29, 1.82) is 0 Å². The van der Waals surface area contributed by atoms with Crippen molar-refractivity contribution in [2.24, 2.45) is 5.92 Å². The SMILES string of the molecule is CC(CO)C[Si](c1ccccc1)(c1ccccc1)C(C)(C)C.